The van der Waals surface area contributed by atoms with Crippen LogP contribution in [-0.4, -0.2) is 24.2 Å². The second-order valence-corrected chi connectivity index (χ2v) is 8.90. The van der Waals surface area contributed by atoms with E-state index < -0.39 is 0 Å². The van der Waals surface area contributed by atoms with Crippen LogP contribution in [0.2, 0.25) is 0 Å². The van der Waals surface area contributed by atoms with Crippen molar-refractivity contribution in [3.63, 3.8) is 0 Å². The maximum atomic E-state index is 12.0. The zero-order valence-electron chi connectivity index (χ0n) is 16.8. The van der Waals surface area contributed by atoms with Gasteiger partial charge in [-0.25, -0.2) is 4.57 Å². The number of benzene rings is 1. The first kappa shape index (κ1) is 21.4. The van der Waals surface area contributed by atoms with Gasteiger partial charge in [0, 0.05) is 18.4 Å². The first-order valence-corrected chi connectivity index (χ1v) is 11.3. The third kappa shape index (κ3) is 5.62. The molecule has 0 radical (unpaired) electrons. The smallest absolute Gasteiger partial charge is 0.327 e. The number of ether oxygens (including phenoxy) is 1. The number of hydrogen-bond donors (Lipinski definition) is 1. The summed E-state index contributed by atoms with van der Waals surface area (Å²) in [5, 5.41) is 0. The lowest BCUT2D eigenvalue weighted by Crippen LogP contribution is -2.41. The molecule has 1 aromatic carbocycles. The van der Waals surface area contributed by atoms with Gasteiger partial charge in [0.1, 0.15) is 6.10 Å². The van der Waals surface area contributed by atoms with E-state index in [1.54, 1.807) is 0 Å². The van der Waals surface area contributed by atoms with Crippen LogP contribution in [0, 0.1) is 0 Å². The van der Waals surface area contributed by atoms with Gasteiger partial charge in [0.15, 0.2) is 0 Å². The molecule has 1 fully saturated rings. The molecule has 0 bridgehead atoms. The highest BCUT2D eigenvalue weighted by molar-refractivity contribution is 7.17. The molecule has 1 aromatic rings. The average molecular weight is 405 g/mol. The molecule has 5 nitrogen and oxygen atoms in total. The standard InChI is InChI=1S/C22H32NO4P/c1-2-3-4-5-21(24)27-20-9-8-16-12-17(6-7-18(16)13-20)19-10-11-22(23,14-19)15-26-28-25/h6-7,12,19-20H,2-5,8-11,13-15,23H2,1H3/t19-,20?,22+/m0/s1. The number of aryl methyl sites for hydroxylation is 1. The summed E-state index contributed by atoms with van der Waals surface area (Å²) in [5.41, 5.74) is 10.0. The quantitative estimate of drug-likeness (QED) is 0.361. The van der Waals surface area contributed by atoms with Crippen molar-refractivity contribution >= 4 is 14.7 Å². The van der Waals surface area contributed by atoms with E-state index in [-0.39, 0.29) is 26.3 Å². The Hall–Kier alpha value is -1.29. The molecule has 1 unspecified atom stereocenters. The molecule has 2 aliphatic rings. The third-order valence-corrected chi connectivity index (χ3v) is 6.45. The number of unbranched alkanes of at least 4 members (excludes halogenated alkanes) is 2. The predicted octanol–water partition coefficient (Wildman–Crippen LogP) is 4.86. The number of nitrogens with two attached hydrogens (primary N) is 1. The third-order valence-electron chi connectivity index (χ3n) is 6.22. The summed E-state index contributed by atoms with van der Waals surface area (Å²) in [5.74, 6) is 0.375. The van der Waals surface area contributed by atoms with E-state index in [0.717, 1.165) is 57.8 Å². The highest BCUT2D eigenvalue weighted by Crippen LogP contribution is 2.41. The lowest BCUT2D eigenvalue weighted by Gasteiger charge is -2.26. The molecule has 3 rings (SSSR count). The molecule has 0 amide bonds. The number of fused-ring (bicyclic) bond motifs is 1. The fraction of sp³-hybridized carbons (Fsp3) is 0.682. The molecule has 0 spiro atoms. The lowest BCUT2D eigenvalue weighted by atomic mass is 9.85. The second-order valence-electron chi connectivity index (χ2n) is 8.49. The van der Waals surface area contributed by atoms with E-state index in [0.29, 0.717) is 18.9 Å². The van der Waals surface area contributed by atoms with Crippen molar-refractivity contribution in [3.8, 4) is 0 Å². The van der Waals surface area contributed by atoms with E-state index in [1.165, 1.54) is 16.7 Å². The summed E-state index contributed by atoms with van der Waals surface area (Å²) in [6, 6.07) is 6.72. The van der Waals surface area contributed by atoms with E-state index in [4.69, 9.17) is 15.0 Å². The molecule has 0 aliphatic heterocycles. The van der Waals surface area contributed by atoms with E-state index in [1.807, 2.05) is 0 Å². The van der Waals surface area contributed by atoms with E-state index in [9.17, 15) is 9.36 Å². The summed E-state index contributed by atoms with van der Waals surface area (Å²) in [4.78, 5) is 12.0. The fourth-order valence-corrected chi connectivity index (χ4v) is 4.90. The normalized spacial score (nSPS) is 26.9. The molecule has 28 heavy (non-hydrogen) atoms. The number of hydrogen-bond acceptors (Lipinski definition) is 5. The van der Waals surface area contributed by atoms with Crippen LogP contribution < -0.4 is 5.73 Å². The molecule has 3 atom stereocenters. The number of carbonyl (C=O) groups is 1. The number of rotatable bonds is 9. The van der Waals surface area contributed by atoms with Crippen LogP contribution in [0.3, 0.4) is 0 Å². The van der Waals surface area contributed by atoms with Crippen LogP contribution in [0.25, 0.3) is 0 Å². The van der Waals surface area contributed by atoms with Gasteiger partial charge >= 0.3 is 14.7 Å². The maximum absolute atomic E-state index is 12.0. The van der Waals surface area contributed by atoms with Crippen LogP contribution in [0.15, 0.2) is 18.2 Å². The van der Waals surface area contributed by atoms with Crippen molar-refractivity contribution in [2.75, 3.05) is 6.61 Å². The minimum atomic E-state index is -0.380. The van der Waals surface area contributed by atoms with Gasteiger partial charge < -0.3 is 10.5 Å². The van der Waals surface area contributed by atoms with Crippen molar-refractivity contribution in [1.29, 1.82) is 0 Å². The Morgan fingerprint density at radius 2 is 2.14 bits per heavy atom. The first-order chi connectivity index (χ1) is 13.5. The van der Waals surface area contributed by atoms with Crippen LogP contribution in [0.1, 0.15) is 80.9 Å². The van der Waals surface area contributed by atoms with Crippen LogP contribution in [0.5, 0.6) is 0 Å². The largest absolute Gasteiger partial charge is 0.462 e. The minimum absolute atomic E-state index is 0.0130. The Morgan fingerprint density at radius 3 is 2.93 bits per heavy atom. The lowest BCUT2D eigenvalue weighted by molar-refractivity contribution is -0.149. The van der Waals surface area contributed by atoms with Crippen molar-refractivity contribution in [3.05, 3.63) is 34.9 Å². The van der Waals surface area contributed by atoms with Gasteiger partial charge in [-0.1, -0.05) is 38.0 Å². The van der Waals surface area contributed by atoms with Gasteiger partial charge in [-0.05, 0) is 61.1 Å². The van der Waals surface area contributed by atoms with Crippen LogP contribution in [0.4, 0.5) is 0 Å². The van der Waals surface area contributed by atoms with Gasteiger partial charge in [0.05, 0.1) is 6.61 Å². The van der Waals surface area contributed by atoms with Crippen molar-refractivity contribution in [1.82, 2.24) is 0 Å². The van der Waals surface area contributed by atoms with Crippen molar-refractivity contribution in [2.45, 2.75) is 88.7 Å². The van der Waals surface area contributed by atoms with E-state index in [2.05, 4.69) is 25.1 Å². The van der Waals surface area contributed by atoms with Gasteiger partial charge in [-0.3, -0.25) is 9.32 Å². The SMILES string of the molecule is CCCCCC(=O)OC1CCc2cc([C@H]3CC[C@](N)(COP=O)C3)ccc2C1. The summed E-state index contributed by atoms with van der Waals surface area (Å²) >= 11 is 0. The van der Waals surface area contributed by atoms with Gasteiger partial charge in [-0.15, -0.1) is 0 Å². The highest BCUT2D eigenvalue weighted by Gasteiger charge is 2.37. The average Bonchev–Trinajstić information content (AvgIpc) is 3.09. The van der Waals surface area contributed by atoms with Crippen molar-refractivity contribution in [2.24, 2.45) is 5.73 Å². The molecule has 154 valence electrons. The summed E-state index contributed by atoms with van der Waals surface area (Å²) < 4.78 is 21.3. The molecular weight excluding hydrogens is 373 g/mol. The summed E-state index contributed by atoms with van der Waals surface area (Å²) in [7, 11) is -0.299. The Bertz CT molecular complexity index is 695. The predicted molar refractivity (Wildman–Crippen MR) is 110 cm³/mol. The second kappa shape index (κ2) is 9.96. The highest BCUT2D eigenvalue weighted by atomic mass is 31.1. The first-order valence-electron chi connectivity index (χ1n) is 10.6. The number of esters is 1. The summed E-state index contributed by atoms with van der Waals surface area (Å²) in [6.07, 6.45) is 9.12. The van der Waals surface area contributed by atoms with Crippen molar-refractivity contribution < 1.29 is 18.6 Å². The molecule has 1 saturated carbocycles. The number of carbonyl (C=O) groups excluding carboxylic acids is 1. The van der Waals surface area contributed by atoms with Crippen LogP contribution >= 0.6 is 8.69 Å². The molecular formula is C22H32NO4P. The summed E-state index contributed by atoms with van der Waals surface area (Å²) in [6.45, 7) is 2.47. The molecule has 6 heteroatoms. The topological polar surface area (TPSA) is 78.6 Å². The Balaban J connectivity index is 1.55. The van der Waals surface area contributed by atoms with E-state index >= 15 is 0 Å². The zero-order chi connectivity index (χ0) is 20.0. The molecule has 2 aliphatic carbocycles. The van der Waals surface area contributed by atoms with Gasteiger partial charge in [-0.2, -0.15) is 0 Å². The minimum Gasteiger partial charge on any atom is -0.462 e. The monoisotopic (exact) mass is 405 g/mol. The Labute approximate surface area is 169 Å². The maximum Gasteiger partial charge on any atom is 0.327 e. The zero-order valence-corrected chi connectivity index (χ0v) is 17.7. The van der Waals surface area contributed by atoms with Crippen LogP contribution in [-0.2, 0) is 31.5 Å². The van der Waals surface area contributed by atoms with Gasteiger partial charge in [0.25, 0.3) is 0 Å². The molecule has 0 aromatic heterocycles. The molecule has 2 N–H and O–H groups in total. The Kier molecular flexibility index (Phi) is 7.62. The van der Waals surface area contributed by atoms with Gasteiger partial charge in [0.2, 0.25) is 0 Å². The fourth-order valence-electron chi connectivity index (χ4n) is 4.59. The molecule has 0 heterocycles. The molecule has 0 saturated heterocycles. The Morgan fingerprint density at radius 1 is 1.29 bits per heavy atom.